The first-order chi connectivity index (χ1) is 10.1. The van der Waals surface area contributed by atoms with Crippen LogP contribution in [0.1, 0.15) is 37.2 Å². The third-order valence-electron chi connectivity index (χ3n) is 4.06. The molecule has 1 aliphatic rings. The Bertz CT molecular complexity index is 653. The van der Waals surface area contributed by atoms with Gasteiger partial charge in [0.1, 0.15) is 17.4 Å². The van der Waals surface area contributed by atoms with E-state index >= 15 is 0 Å². The van der Waals surface area contributed by atoms with Crippen LogP contribution in [0, 0.1) is 5.92 Å². The highest BCUT2D eigenvalue weighted by Crippen LogP contribution is 2.29. The minimum Gasteiger partial charge on any atom is -0.490 e. The van der Waals surface area contributed by atoms with Crippen LogP contribution in [0.15, 0.2) is 28.7 Å². The Labute approximate surface area is 124 Å². The number of fused-ring (bicyclic) bond motifs is 1. The van der Waals surface area contributed by atoms with Gasteiger partial charge in [-0.25, -0.2) is 0 Å². The van der Waals surface area contributed by atoms with Crippen molar-refractivity contribution < 1.29 is 13.9 Å². The van der Waals surface area contributed by atoms with Crippen molar-refractivity contribution in [3.05, 3.63) is 30.0 Å². The Balaban J connectivity index is 1.76. The monoisotopic (exact) mass is 287 g/mol. The summed E-state index contributed by atoms with van der Waals surface area (Å²) in [6.45, 7) is 3.75. The molecular weight excluding hydrogens is 266 g/mol. The number of ketones is 1. The van der Waals surface area contributed by atoms with Crippen LogP contribution in [-0.4, -0.2) is 25.0 Å². The summed E-state index contributed by atoms with van der Waals surface area (Å²) in [7, 11) is 1.98. The molecular formula is C17H21NO3. The summed E-state index contributed by atoms with van der Waals surface area (Å²) in [5.41, 5.74) is 0.730. The quantitative estimate of drug-likeness (QED) is 0.856. The summed E-state index contributed by atoms with van der Waals surface area (Å²) in [6.07, 6.45) is 2.36. The summed E-state index contributed by atoms with van der Waals surface area (Å²) >= 11 is 0. The fourth-order valence-electron chi connectivity index (χ4n) is 2.59. The fraction of sp³-hybridized carbons (Fsp3) is 0.471. The molecule has 21 heavy (non-hydrogen) atoms. The highest BCUT2D eigenvalue weighted by Gasteiger charge is 2.29. The van der Waals surface area contributed by atoms with Crippen molar-refractivity contribution in [3.63, 3.8) is 0 Å². The first-order valence-corrected chi connectivity index (χ1v) is 7.48. The van der Waals surface area contributed by atoms with Gasteiger partial charge < -0.3 is 14.5 Å². The van der Waals surface area contributed by atoms with Crippen molar-refractivity contribution in [1.29, 1.82) is 0 Å². The zero-order valence-corrected chi connectivity index (χ0v) is 12.7. The van der Waals surface area contributed by atoms with Crippen LogP contribution >= 0.6 is 0 Å². The van der Waals surface area contributed by atoms with E-state index in [0.29, 0.717) is 11.8 Å². The largest absolute Gasteiger partial charge is 0.490 e. The lowest BCUT2D eigenvalue weighted by Gasteiger charge is -2.35. The van der Waals surface area contributed by atoms with E-state index < -0.39 is 0 Å². The molecule has 0 aliphatic heterocycles. The minimum atomic E-state index is -0.0604. The van der Waals surface area contributed by atoms with Crippen molar-refractivity contribution >= 4 is 16.8 Å². The van der Waals surface area contributed by atoms with E-state index in [9.17, 15) is 4.79 Å². The first-order valence-electron chi connectivity index (χ1n) is 7.48. The molecule has 1 heterocycles. The zero-order chi connectivity index (χ0) is 15.0. The zero-order valence-electron chi connectivity index (χ0n) is 12.7. The van der Waals surface area contributed by atoms with Gasteiger partial charge in [-0.1, -0.05) is 13.8 Å². The SMILES string of the molecule is CNC1CC(Oc2ccc3oc(C(=O)C(C)C)cc3c2)C1. The van der Waals surface area contributed by atoms with Crippen LogP contribution in [0.25, 0.3) is 11.0 Å². The van der Waals surface area contributed by atoms with Gasteiger partial charge in [0.2, 0.25) is 5.78 Å². The fourth-order valence-corrected chi connectivity index (χ4v) is 2.59. The van der Waals surface area contributed by atoms with Crippen molar-refractivity contribution in [1.82, 2.24) is 5.32 Å². The van der Waals surface area contributed by atoms with E-state index in [-0.39, 0.29) is 17.8 Å². The van der Waals surface area contributed by atoms with Gasteiger partial charge in [-0.05, 0) is 44.2 Å². The van der Waals surface area contributed by atoms with Gasteiger partial charge in [0.25, 0.3) is 0 Å². The second kappa shape index (κ2) is 5.53. The maximum absolute atomic E-state index is 12.0. The molecule has 4 heteroatoms. The van der Waals surface area contributed by atoms with E-state index in [0.717, 1.165) is 29.6 Å². The van der Waals surface area contributed by atoms with E-state index in [2.05, 4.69) is 5.32 Å². The molecule has 112 valence electrons. The average molecular weight is 287 g/mol. The number of carbonyl (C=O) groups is 1. The molecule has 3 rings (SSSR count). The van der Waals surface area contributed by atoms with Gasteiger partial charge in [-0.3, -0.25) is 4.79 Å². The number of hydrogen-bond acceptors (Lipinski definition) is 4. The molecule has 1 aliphatic carbocycles. The van der Waals surface area contributed by atoms with Crippen LogP contribution < -0.4 is 10.1 Å². The smallest absolute Gasteiger partial charge is 0.200 e. The van der Waals surface area contributed by atoms with Crippen LogP contribution in [-0.2, 0) is 0 Å². The highest BCUT2D eigenvalue weighted by molar-refractivity contribution is 5.98. The van der Waals surface area contributed by atoms with Gasteiger partial charge >= 0.3 is 0 Å². The van der Waals surface area contributed by atoms with Crippen molar-refractivity contribution in [2.75, 3.05) is 7.05 Å². The normalized spacial score (nSPS) is 21.5. The Morgan fingerprint density at radius 2 is 2.10 bits per heavy atom. The molecule has 1 aromatic carbocycles. The lowest BCUT2D eigenvalue weighted by atomic mass is 9.89. The molecule has 1 saturated carbocycles. The Morgan fingerprint density at radius 3 is 2.76 bits per heavy atom. The molecule has 4 nitrogen and oxygen atoms in total. The Morgan fingerprint density at radius 1 is 1.33 bits per heavy atom. The molecule has 0 radical (unpaired) electrons. The van der Waals surface area contributed by atoms with E-state index in [4.69, 9.17) is 9.15 Å². The van der Waals surface area contributed by atoms with E-state index in [1.165, 1.54) is 0 Å². The summed E-state index contributed by atoms with van der Waals surface area (Å²) in [4.78, 5) is 12.0. The second-order valence-electron chi connectivity index (χ2n) is 6.03. The van der Waals surface area contributed by atoms with Gasteiger partial charge in [-0.15, -0.1) is 0 Å². The van der Waals surface area contributed by atoms with Crippen LogP contribution in [0.3, 0.4) is 0 Å². The third kappa shape index (κ3) is 2.81. The Kier molecular flexibility index (Phi) is 3.72. The predicted molar refractivity (Wildman–Crippen MR) is 81.9 cm³/mol. The van der Waals surface area contributed by atoms with Crippen LogP contribution in [0.4, 0.5) is 0 Å². The van der Waals surface area contributed by atoms with Gasteiger partial charge in [0, 0.05) is 17.3 Å². The number of hydrogen-bond donors (Lipinski definition) is 1. The molecule has 1 aromatic heterocycles. The lowest BCUT2D eigenvalue weighted by Crippen LogP contribution is -2.45. The molecule has 0 unspecified atom stereocenters. The number of rotatable bonds is 5. The number of furan rings is 1. The highest BCUT2D eigenvalue weighted by atomic mass is 16.5. The maximum atomic E-state index is 12.0. The van der Waals surface area contributed by atoms with Gasteiger partial charge in [0.05, 0.1) is 0 Å². The second-order valence-corrected chi connectivity index (χ2v) is 6.03. The molecule has 2 aromatic rings. The minimum absolute atomic E-state index is 0.0320. The van der Waals surface area contributed by atoms with Gasteiger partial charge in [-0.2, -0.15) is 0 Å². The van der Waals surface area contributed by atoms with Crippen molar-refractivity contribution in [3.8, 4) is 5.75 Å². The average Bonchev–Trinajstić information content (AvgIpc) is 2.84. The standard InChI is InChI=1S/C17H21NO3/c1-10(2)17(19)16-7-11-6-13(4-5-15(11)21-16)20-14-8-12(9-14)18-3/h4-7,10,12,14,18H,8-9H2,1-3H3. The number of ether oxygens (including phenoxy) is 1. The summed E-state index contributed by atoms with van der Waals surface area (Å²) in [5, 5.41) is 4.16. The molecule has 0 spiro atoms. The number of carbonyl (C=O) groups excluding carboxylic acids is 1. The maximum Gasteiger partial charge on any atom is 0.200 e. The molecule has 0 atom stereocenters. The number of nitrogens with one attached hydrogen (secondary N) is 1. The number of benzene rings is 1. The topological polar surface area (TPSA) is 51.5 Å². The predicted octanol–water partition coefficient (Wildman–Crippen LogP) is 3.40. The van der Waals surface area contributed by atoms with E-state index in [1.54, 1.807) is 0 Å². The van der Waals surface area contributed by atoms with Crippen LogP contribution in [0.5, 0.6) is 5.75 Å². The molecule has 0 saturated heterocycles. The summed E-state index contributed by atoms with van der Waals surface area (Å²) in [6, 6.07) is 8.10. The summed E-state index contributed by atoms with van der Waals surface area (Å²) < 4.78 is 11.6. The molecule has 0 amide bonds. The number of Topliss-reactive ketones (excluding diaryl/α,β-unsaturated/α-hetero) is 1. The van der Waals surface area contributed by atoms with E-state index in [1.807, 2.05) is 45.2 Å². The summed E-state index contributed by atoms with van der Waals surface area (Å²) in [5.74, 6) is 1.24. The third-order valence-corrected chi connectivity index (χ3v) is 4.06. The lowest BCUT2D eigenvalue weighted by molar-refractivity contribution is 0.0886. The van der Waals surface area contributed by atoms with Crippen molar-refractivity contribution in [2.24, 2.45) is 5.92 Å². The first kappa shape index (κ1) is 14.1. The molecule has 1 N–H and O–H groups in total. The van der Waals surface area contributed by atoms with Gasteiger partial charge in [0.15, 0.2) is 5.76 Å². The molecule has 0 bridgehead atoms. The Hall–Kier alpha value is -1.81. The molecule has 1 fully saturated rings. The van der Waals surface area contributed by atoms with Crippen molar-refractivity contribution in [2.45, 2.75) is 38.8 Å². The van der Waals surface area contributed by atoms with Crippen LogP contribution in [0.2, 0.25) is 0 Å².